The highest BCUT2D eigenvalue weighted by molar-refractivity contribution is 7.98. The van der Waals surface area contributed by atoms with Crippen LogP contribution in [-0.4, -0.2) is 22.1 Å². The lowest BCUT2D eigenvalue weighted by molar-refractivity contribution is 0.415. The predicted octanol–water partition coefficient (Wildman–Crippen LogP) is 2.60. The quantitative estimate of drug-likeness (QED) is 0.542. The van der Waals surface area contributed by atoms with E-state index in [0.717, 1.165) is 17.0 Å². The summed E-state index contributed by atoms with van der Waals surface area (Å²) in [5.74, 6) is 2.59. The van der Waals surface area contributed by atoms with Crippen LogP contribution < -0.4 is 16.2 Å². The van der Waals surface area contributed by atoms with Gasteiger partial charge in [0.15, 0.2) is 5.16 Å². The summed E-state index contributed by atoms with van der Waals surface area (Å²) in [6.45, 7) is 0. The first-order valence-corrected chi connectivity index (χ1v) is 7.74. The van der Waals surface area contributed by atoms with Gasteiger partial charge in [-0.3, -0.25) is 0 Å². The number of hydrogen-bond acceptors (Lipinski definition) is 8. The molecule has 0 saturated carbocycles. The molecule has 118 valence electrons. The molecule has 23 heavy (non-hydrogen) atoms. The van der Waals surface area contributed by atoms with Crippen molar-refractivity contribution < 1.29 is 9.15 Å². The molecule has 4 N–H and O–H groups in total. The number of nitrogen functional groups attached to an aromatic ring is 2. The summed E-state index contributed by atoms with van der Waals surface area (Å²) in [6, 6.07) is 9.02. The molecule has 3 aromatic rings. The number of rotatable bonds is 5. The van der Waals surface area contributed by atoms with Crippen LogP contribution in [0.1, 0.15) is 5.69 Å². The van der Waals surface area contributed by atoms with Gasteiger partial charge < -0.3 is 20.6 Å². The van der Waals surface area contributed by atoms with Crippen LogP contribution in [0, 0.1) is 0 Å². The Balaban J connectivity index is 1.69. The van der Waals surface area contributed by atoms with E-state index in [1.165, 1.54) is 17.8 Å². The molecule has 7 nitrogen and oxygen atoms in total. The van der Waals surface area contributed by atoms with E-state index in [4.69, 9.17) is 20.6 Å². The first-order chi connectivity index (χ1) is 11.1. The molecule has 2 heterocycles. The SMILES string of the molecule is COc1ccc(-c2nc(CSc3nc(N)cc(N)n3)co2)cc1. The van der Waals surface area contributed by atoms with Crippen molar-refractivity contribution in [2.45, 2.75) is 10.9 Å². The Labute approximate surface area is 137 Å². The van der Waals surface area contributed by atoms with E-state index in [1.54, 1.807) is 13.4 Å². The van der Waals surface area contributed by atoms with Crippen LogP contribution in [0.4, 0.5) is 11.6 Å². The molecule has 0 fully saturated rings. The molecule has 0 atom stereocenters. The van der Waals surface area contributed by atoms with E-state index in [9.17, 15) is 0 Å². The van der Waals surface area contributed by atoms with E-state index < -0.39 is 0 Å². The zero-order valence-electron chi connectivity index (χ0n) is 12.4. The van der Waals surface area contributed by atoms with E-state index in [-0.39, 0.29) is 0 Å². The minimum absolute atomic E-state index is 0.346. The fourth-order valence-electron chi connectivity index (χ4n) is 1.90. The second-order valence-corrected chi connectivity index (χ2v) is 5.60. The monoisotopic (exact) mass is 329 g/mol. The van der Waals surface area contributed by atoms with Gasteiger partial charge in [0.25, 0.3) is 0 Å². The van der Waals surface area contributed by atoms with Crippen molar-refractivity contribution >= 4 is 23.4 Å². The second kappa shape index (κ2) is 6.57. The summed E-state index contributed by atoms with van der Waals surface area (Å²) in [5, 5.41) is 0.511. The molecule has 0 radical (unpaired) electrons. The first kappa shape index (κ1) is 15.2. The number of methoxy groups -OCH3 is 1. The third kappa shape index (κ3) is 3.72. The van der Waals surface area contributed by atoms with Gasteiger partial charge in [-0.25, -0.2) is 15.0 Å². The highest BCUT2D eigenvalue weighted by Crippen LogP contribution is 2.25. The molecule has 3 rings (SSSR count). The topological polar surface area (TPSA) is 113 Å². The number of hydrogen-bond donors (Lipinski definition) is 2. The third-order valence-corrected chi connectivity index (χ3v) is 3.86. The first-order valence-electron chi connectivity index (χ1n) is 6.75. The van der Waals surface area contributed by atoms with Gasteiger partial charge >= 0.3 is 0 Å². The van der Waals surface area contributed by atoms with E-state index in [1.807, 2.05) is 24.3 Å². The van der Waals surface area contributed by atoms with Gasteiger partial charge in [0.2, 0.25) is 5.89 Å². The molecule has 8 heteroatoms. The molecule has 0 unspecified atom stereocenters. The van der Waals surface area contributed by atoms with Gasteiger partial charge in [0, 0.05) is 17.4 Å². The summed E-state index contributed by atoms with van der Waals surface area (Å²) < 4.78 is 10.6. The summed E-state index contributed by atoms with van der Waals surface area (Å²) in [7, 11) is 1.63. The molecular weight excluding hydrogens is 314 g/mol. The van der Waals surface area contributed by atoms with Crippen LogP contribution >= 0.6 is 11.8 Å². The average Bonchev–Trinajstić information content (AvgIpc) is 3.01. The lowest BCUT2D eigenvalue weighted by Crippen LogP contribution is -1.99. The largest absolute Gasteiger partial charge is 0.497 e. The van der Waals surface area contributed by atoms with E-state index >= 15 is 0 Å². The minimum atomic E-state index is 0.346. The Kier molecular flexibility index (Phi) is 4.33. The number of oxazole rings is 1. The number of nitrogens with zero attached hydrogens (tertiary/aromatic N) is 3. The molecule has 1 aromatic carbocycles. The van der Waals surface area contributed by atoms with Crippen molar-refractivity contribution in [2.75, 3.05) is 18.6 Å². The van der Waals surface area contributed by atoms with Crippen LogP contribution in [0.2, 0.25) is 0 Å². The maximum absolute atomic E-state index is 5.64. The lowest BCUT2D eigenvalue weighted by Gasteiger charge is -2.01. The van der Waals surface area contributed by atoms with Gasteiger partial charge in [0.05, 0.1) is 12.8 Å². The summed E-state index contributed by atoms with van der Waals surface area (Å²) in [5.41, 5.74) is 13.0. The highest BCUT2D eigenvalue weighted by Gasteiger charge is 2.09. The second-order valence-electron chi connectivity index (χ2n) is 4.66. The van der Waals surface area contributed by atoms with Crippen LogP contribution in [-0.2, 0) is 5.75 Å². The standard InChI is InChI=1S/C15H15N5O2S/c1-21-11-4-2-9(3-5-11)14-18-10(7-22-14)8-23-15-19-12(16)6-13(17)20-15/h2-7H,8H2,1H3,(H4,16,17,19,20). The smallest absolute Gasteiger partial charge is 0.226 e. The van der Waals surface area contributed by atoms with Crippen molar-refractivity contribution in [3.63, 3.8) is 0 Å². The van der Waals surface area contributed by atoms with Gasteiger partial charge in [-0.1, -0.05) is 11.8 Å². The maximum atomic E-state index is 5.64. The van der Waals surface area contributed by atoms with E-state index in [0.29, 0.717) is 28.4 Å². The van der Waals surface area contributed by atoms with Crippen molar-refractivity contribution in [2.24, 2.45) is 0 Å². The Morgan fingerprint density at radius 3 is 2.43 bits per heavy atom. The summed E-state index contributed by atoms with van der Waals surface area (Å²) in [6.07, 6.45) is 1.61. The maximum Gasteiger partial charge on any atom is 0.226 e. The van der Waals surface area contributed by atoms with Crippen molar-refractivity contribution in [3.05, 3.63) is 42.3 Å². The zero-order valence-corrected chi connectivity index (χ0v) is 13.2. The molecule has 0 aliphatic heterocycles. The number of nitrogens with two attached hydrogens (primary N) is 2. The van der Waals surface area contributed by atoms with E-state index in [2.05, 4.69) is 15.0 Å². The molecule has 0 aliphatic carbocycles. The minimum Gasteiger partial charge on any atom is -0.497 e. The summed E-state index contributed by atoms with van der Waals surface area (Å²) >= 11 is 1.39. The Morgan fingerprint density at radius 2 is 1.78 bits per heavy atom. The number of aromatic nitrogens is 3. The Bertz CT molecular complexity index is 784. The number of benzene rings is 1. The third-order valence-electron chi connectivity index (χ3n) is 2.98. The zero-order chi connectivity index (χ0) is 16.2. The molecular formula is C15H15N5O2S. The molecule has 0 aliphatic rings. The number of ether oxygens (including phenoxy) is 1. The molecule has 0 bridgehead atoms. The Morgan fingerprint density at radius 1 is 1.09 bits per heavy atom. The van der Waals surface area contributed by atoms with Gasteiger partial charge in [-0.2, -0.15) is 0 Å². The van der Waals surface area contributed by atoms with Crippen molar-refractivity contribution in [1.82, 2.24) is 15.0 Å². The average molecular weight is 329 g/mol. The van der Waals surface area contributed by atoms with Gasteiger partial charge in [-0.05, 0) is 24.3 Å². The fourth-order valence-corrected chi connectivity index (χ4v) is 2.65. The predicted molar refractivity (Wildman–Crippen MR) is 88.9 cm³/mol. The highest BCUT2D eigenvalue weighted by atomic mass is 32.2. The van der Waals surface area contributed by atoms with Crippen LogP contribution in [0.3, 0.4) is 0 Å². The molecule has 0 amide bonds. The molecule has 2 aromatic heterocycles. The number of anilines is 2. The van der Waals surface area contributed by atoms with Gasteiger partial charge in [0.1, 0.15) is 23.6 Å². The van der Waals surface area contributed by atoms with Crippen LogP contribution in [0.25, 0.3) is 11.5 Å². The van der Waals surface area contributed by atoms with Crippen LogP contribution in [0.15, 0.2) is 46.2 Å². The van der Waals surface area contributed by atoms with Crippen molar-refractivity contribution in [3.8, 4) is 17.2 Å². The molecule has 0 saturated heterocycles. The van der Waals surface area contributed by atoms with Gasteiger partial charge in [-0.15, -0.1) is 0 Å². The number of thioether (sulfide) groups is 1. The van der Waals surface area contributed by atoms with Crippen LogP contribution in [0.5, 0.6) is 5.75 Å². The lowest BCUT2D eigenvalue weighted by atomic mass is 10.2. The fraction of sp³-hybridized carbons (Fsp3) is 0.133. The molecule has 0 spiro atoms. The summed E-state index contributed by atoms with van der Waals surface area (Å²) in [4.78, 5) is 12.7. The van der Waals surface area contributed by atoms with Crippen molar-refractivity contribution in [1.29, 1.82) is 0 Å². The Hall–Kier alpha value is -2.74. The normalized spacial score (nSPS) is 10.7.